The summed E-state index contributed by atoms with van der Waals surface area (Å²) in [5.41, 5.74) is -1.23. The van der Waals surface area contributed by atoms with E-state index in [-0.39, 0.29) is 11.9 Å². The second-order valence-electron chi connectivity index (χ2n) is 3.45. The molecule has 2 rings (SSSR count). The zero-order chi connectivity index (χ0) is 10.8. The highest BCUT2D eigenvalue weighted by atomic mass is 16.6. The molecule has 1 N–H and O–H groups in total. The number of nitro groups is 1. The summed E-state index contributed by atoms with van der Waals surface area (Å²) in [5.74, 6) is 0.0634. The van der Waals surface area contributed by atoms with Crippen LogP contribution in [0.4, 0.5) is 5.69 Å². The van der Waals surface area contributed by atoms with Gasteiger partial charge in [-0.15, -0.1) is 0 Å². The average Bonchev–Trinajstić information content (AvgIpc) is 2.10. The van der Waals surface area contributed by atoms with E-state index < -0.39 is 16.2 Å². The highest BCUT2D eigenvalue weighted by molar-refractivity contribution is 5.43. The molecule has 0 bridgehead atoms. The average molecular weight is 210 g/mol. The van der Waals surface area contributed by atoms with Crippen LogP contribution < -0.4 is 10.3 Å². The van der Waals surface area contributed by atoms with Crippen molar-refractivity contribution in [3.05, 3.63) is 32.7 Å². The number of nitrogens with one attached hydrogen (secondary N) is 1. The third kappa shape index (κ3) is 1.83. The van der Waals surface area contributed by atoms with Crippen molar-refractivity contribution in [2.24, 2.45) is 0 Å². The van der Waals surface area contributed by atoms with Crippen LogP contribution in [-0.4, -0.2) is 16.0 Å². The highest BCUT2D eigenvalue weighted by Gasteiger charge is 2.25. The van der Waals surface area contributed by atoms with Crippen LogP contribution in [0.2, 0.25) is 0 Å². The molecule has 1 aromatic heterocycles. The zero-order valence-electron chi connectivity index (χ0n) is 7.93. The molecule has 1 aromatic rings. The molecule has 1 saturated carbocycles. The van der Waals surface area contributed by atoms with Gasteiger partial charge in [0.25, 0.3) is 0 Å². The van der Waals surface area contributed by atoms with Crippen molar-refractivity contribution in [1.82, 2.24) is 4.98 Å². The lowest BCUT2D eigenvalue weighted by atomic mass is 9.96. The number of nitrogens with zero attached hydrogens (tertiary/aromatic N) is 1. The Morgan fingerprint density at radius 1 is 1.53 bits per heavy atom. The minimum absolute atomic E-state index is 0.0190. The normalized spacial score (nSPS) is 15.7. The van der Waals surface area contributed by atoms with Gasteiger partial charge >= 0.3 is 11.2 Å². The van der Waals surface area contributed by atoms with Gasteiger partial charge in [-0.1, -0.05) is 0 Å². The second-order valence-corrected chi connectivity index (χ2v) is 3.45. The molecule has 1 heterocycles. The fraction of sp³-hybridized carbons (Fsp3) is 0.444. The van der Waals surface area contributed by atoms with Crippen LogP contribution in [0.1, 0.15) is 19.3 Å². The Hall–Kier alpha value is -1.85. The third-order valence-corrected chi connectivity index (χ3v) is 2.43. The predicted molar refractivity (Wildman–Crippen MR) is 52.0 cm³/mol. The van der Waals surface area contributed by atoms with Crippen LogP contribution in [0, 0.1) is 10.1 Å². The first-order chi connectivity index (χ1) is 7.18. The molecule has 0 unspecified atom stereocenters. The van der Waals surface area contributed by atoms with Gasteiger partial charge in [-0.3, -0.25) is 14.9 Å². The summed E-state index contributed by atoms with van der Waals surface area (Å²) in [4.78, 5) is 23.4. The van der Waals surface area contributed by atoms with E-state index in [2.05, 4.69) is 4.98 Å². The van der Waals surface area contributed by atoms with Crippen molar-refractivity contribution in [3.8, 4) is 5.75 Å². The molecule has 0 amide bonds. The fourth-order valence-corrected chi connectivity index (χ4v) is 1.39. The van der Waals surface area contributed by atoms with E-state index in [0.29, 0.717) is 0 Å². The van der Waals surface area contributed by atoms with Crippen molar-refractivity contribution < 1.29 is 9.66 Å². The molecular weight excluding hydrogens is 200 g/mol. The molecule has 1 aliphatic carbocycles. The number of hydrogen-bond donors (Lipinski definition) is 1. The monoisotopic (exact) mass is 210 g/mol. The van der Waals surface area contributed by atoms with E-state index in [4.69, 9.17) is 4.74 Å². The first kappa shape index (κ1) is 9.70. The standard InChI is InChI=1S/C9H10N2O4/c12-9-8(11(13)14)7(4-5-10-9)15-6-2-1-3-6/h4-6H,1-3H2,(H,10,12). The quantitative estimate of drug-likeness (QED) is 0.600. The predicted octanol–water partition coefficient (Wildman–Crippen LogP) is 1.21. The van der Waals surface area contributed by atoms with Gasteiger partial charge in [0.2, 0.25) is 5.75 Å². The van der Waals surface area contributed by atoms with Crippen molar-refractivity contribution in [2.75, 3.05) is 0 Å². The molecule has 1 fully saturated rings. The van der Waals surface area contributed by atoms with Crippen LogP contribution in [0.3, 0.4) is 0 Å². The summed E-state index contributed by atoms with van der Waals surface area (Å²) >= 11 is 0. The molecule has 0 radical (unpaired) electrons. The van der Waals surface area contributed by atoms with E-state index >= 15 is 0 Å². The lowest BCUT2D eigenvalue weighted by molar-refractivity contribution is -0.387. The fourth-order valence-electron chi connectivity index (χ4n) is 1.39. The van der Waals surface area contributed by atoms with Crippen LogP contribution >= 0.6 is 0 Å². The Balaban J connectivity index is 2.32. The van der Waals surface area contributed by atoms with Crippen LogP contribution in [-0.2, 0) is 0 Å². The Morgan fingerprint density at radius 2 is 2.27 bits per heavy atom. The number of ether oxygens (including phenoxy) is 1. The summed E-state index contributed by atoms with van der Waals surface area (Å²) < 4.78 is 5.36. The molecule has 6 heteroatoms. The molecule has 6 nitrogen and oxygen atoms in total. The zero-order valence-corrected chi connectivity index (χ0v) is 7.93. The van der Waals surface area contributed by atoms with E-state index in [9.17, 15) is 14.9 Å². The Morgan fingerprint density at radius 3 is 2.80 bits per heavy atom. The maximum atomic E-state index is 11.2. The Labute approximate surface area is 85.0 Å². The summed E-state index contributed by atoms with van der Waals surface area (Å²) in [6, 6.07) is 1.41. The molecule has 1 aliphatic rings. The van der Waals surface area contributed by atoms with Crippen molar-refractivity contribution in [1.29, 1.82) is 0 Å². The van der Waals surface area contributed by atoms with Gasteiger partial charge in [-0.05, 0) is 19.3 Å². The Bertz CT molecular complexity index is 436. The first-order valence-corrected chi connectivity index (χ1v) is 4.71. The summed E-state index contributed by atoms with van der Waals surface area (Å²) in [5, 5.41) is 10.6. The van der Waals surface area contributed by atoms with Gasteiger partial charge in [-0.25, -0.2) is 0 Å². The number of hydrogen-bond acceptors (Lipinski definition) is 4. The molecule has 0 atom stereocenters. The largest absolute Gasteiger partial charge is 0.483 e. The molecule has 80 valence electrons. The second kappa shape index (κ2) is 3.72. The van der Waals surface area contributed by atoms with Crippen molar-refractivity contribution in [2.45, 2.75) is 25.4 Å². The number of aromatic amines is 1. The van der Waals surface area contributed by atoms with Gasteiger partial charge in [0, 0.05) is 12.3 Å². The third-order valence-electron chi connectivity index (χ3n) is 2.43. The Kier molecular flexibility index (Phi) is 2.40. The highest BCUT2D eigenvalue weighted by Crippen LogP contribution is 2.28. The van der Waals surface area contributed by atoms with Crippen molar-refractivity contribution >= 4 is 5.69 Å². The summed E-state index contributed by atoms with van der Waals surface area (Å²) in [6.45, 7) is 0. The first-order valence-electron chi connectivity index (χ1n) is 4.71. The van der Waals surface area contributed by atoms with Crippen LogP contribution in [0.15, 0.2) is 17.1 Å². The maximum absolute atomic E-state index is 11.2. The van der Waals surface area contributed by atoms with E-state index in [0.717, 1.165) is 19.3 Å². The number of aromatic nitrogens is 1. The SMILES string of the molecule is O=c1[nH]ccc(OC2CCC2)c1[N+](=O)[O-]. The summed E-state index contributed by atoms with van der Waals surface area (Å²) in [7, 11) is 0. The molecule has 0 saturated heterocycles. The molecule has 0 spiro atoms. The lowest BCUT2D eigenvalue weighted by Crippen LogP contribution is -2.26. The molecule has 15 heavy (non-hydrogen) atoms. The topological polar surface area (TPSA) is 85.2 Å². The van der Waals surface area contributed by atoms with Gasteiger partial charge < -0.3 is 9.72 Å². The van der Waals surface area contributed by atoms with E-state index in [1.54, 1.807) is 0 Å². The van der Waals surface area contributed by atoms with E-state index in [1.165, 1.54) is 12.3 Å². The van der Waals surface area contributed by atoms with Crippen molar-refractivity contribution in [3.63, 3.8) is 0 Å². The minimum atomic E-state index is -0.725. The van der Waals surface area contributed by atoms with Gasteiger partial charge in [0.05, 0.1) is 11.0 Å². The lowest BCUT2D eigenvalue weighted by Gasteiger charge is -2.25. The number of H-pyrrole nitrogens is 1. The van der Waals surface area contributed by atoms with Gasteiger partial charge in [0.15, 0.2) is 0 Å². The minimum Gasteiger partial charge on any atom is -0.483 e. The number of rotatable bonds is 3. The summed E-state index contributed by atoms with van der Waals surface area (Å²) in [6.07, 6.45) is 4.23. The van der Waals surface area contributed by atoms with Crippen LogP contribution in [0.25, 0.3) is 0 Å². The van der Waals surface area contributed by atoms with Crippen LogP contribution in [0.5, 0.6) is 5.75 Å². The maximum Gasteiger partial charge on any atom is 0.375 e. The van der Waals surface area contributed by atoms with Gasteiger partial charge in [-0.2, -0.15) is 0 Å². The molecular formula is C9H10N2O4. The van der Waals surface area contributed by atoms with E-state index in [1.807, 2.05) is 0 Å². The smallest absolute Gasteiger partial charge is 0.375 e. The molecule has 0 aliphatic heterocycles. The van der Waals surface area contributed by atoms with Gasteiger partial charge in [0.1, 0.15) is 0 Å². The number of pyridine rings is 1. The molecule has 0 aromatic carbocycles.